The molecule has 1 unspecified atom stereocenters. The second-order valence-electron chi connectivity index (χ2n) is 6.35. The van der Waals surface area contributed by atoms with Crippen LogP contribution in [0.3, 0.4) is 0 Å². The van der Waals surface area contributed by atoms with Gasteiger partial charge in [0.15, 0.2) is 0 Å². The molecule has 1 aliphatic heterocycles. The molecule has 0 saturated carbocycles. The minimum absolute atomic E-state index is 0. The summed E-state index contributed by atoms with van der Waals surface area (Å²) in [6.45, 7) is 6.06. The first-order valence-electron chi connectivity index (χ1n) is 8.37. The number of carbonyl (C=O) groups excluding carboxylic acids is 1. The van der Waals surface area contributed by atoms with Crippen LogP contribution in [-0.4, -0.2) is 52.9 Å². The van der Waals surface area contributed by atoms with Crippen LogP contribution in [-0.2, 0) is 11.3 Å². The minimum Gasteiger partial charge on any atom is -0.340 e. The molecule has 1 amide bonds. The van der Waals surface area contributed by atoms with Gasteiger partial charge in [-0.1, -0.05) is 30.3 Å². The van der Waals surface area contributed by atoms with Crippen LogP contribution in [0.5, 0.6) is 0 Å². The maximum absolute atomic E-state index is 12.1. The van der Waals surface area contributed by atoms with Gasteiger partial charge in [0.25, 0.3) is 0 Å². The number of benzene rings is 1. The van der Waals surface area contributed by atoms with Crippen LogP contribution in [0.15, 0.2) is 35.7 Å². The van der Waals surface area contributed by atoms with Crippen molar-refractivity contribution in [2.45, 2.75) is 25.9 Å². The molecule has 2 heterocycles. The van der Waals surface area contributed by atoms with Crippen molar-refractivity contribution in [1.29, 1.82) is 0 Å². The van der Waals surface area contributed by atoms with Crippen molar-refractivity contribution in [1.82, 2.24) is 14.8 Å². The molecule has 8 heteroatoms. The summed E-state index contributed by atoms with van der Waals surface area (Å²) < 4.78 is 0. The number of aromatic nitrogens is 1. The van der Waals surface area contributed by atoms with E-state index in [9.17, 15) is 4.79 Å². The summed E-state index contributed by atoms with van der Waals surface area (Å²) in [6, 6.07) is 10.2. The number of amides is 1. The lowest BCUT2D eigenvalue weighted by atomic mass is 10.2. The Balaban J connectivity index is 0.00000169. The highest BCUT2D eigenvalue weighted by Crippen LogP contribution is 2.24. The number of halogens is 2. The van der Waals surface area contributed by atoms with Gasteiger partial charge in [0.2, 0.25) is 5.91 Å². The SMILES string of the molecule is CC(N)CC(=O)N1CCN(Cc2csc(-c3ccccc3)n2)CC1.Cl.Cl. The van der Waals surface area contributed by atoms with Gasteiger partial charge in [-0.3, -0.25) is 9.69 Å². The highest BCUT2D eigenvalue weighted by atomic mass is 35.5. The number of hydrogen-bond acceptors (Lipinski definition) is 5. The topological polar surface area (TPSA) is 62.5 Å². The van der Waals surface area contributed by atoms with E-state index in [-0.39, 0.29) is 36.8 Å². The van der Waals surface area contributed by atoms with E-state index < -0.39 is 0 Å². The van der Waals surface area contributed by atoms with E-state index in [0.717, 1.165) is 43.4 Å². The van der Waals surface area contributed by atoms with Crippen LogP contribution in [0, 0.1) is 0 Å². The zero-order valence-corrected chi connectivity index (χ0v) is 17.3. The molecular weight excluding hydrogens is 391 g/mol. The Morgan fingerprint density at radius 1 is 1.19 bits per heavy atom. The Bertz CT molecular complexity index is 673. The number of hydrogen-bond donors (Lipinski definition) is 1. The summed E-state index contributed by atoms with van der Waals surface area (Å²) in [4.78, 5) is 21.1. The van der Waals surface area contributed by atoms with Gasteiger partial charge in [0.05, 0.1) is 5.69 Å². The third-order valence-corrected chi connectivity index (χ3v) is 5.12. The van der Waals surface area contributed by atoms with E-state index in [2.05, 4.69) is 22.4 Å². The third kappa shape index (κ3) is 6.21. The van der Waals surface area contributed by atoms with E-state index in [1.54, 1.807) is 11.3 Å². The highest BCUT2D eigenvalue weighted by Gasteiger charge is 2.22. The lowest BCUT2D eigenvalue weighted by Gasteiger charge is -2.34. The summed E-state index contributed by atoms with van der Waals surface area (Å²) in [5.74, 6) is 0.171. The fourth-order valence-corrected chi connectivity index (χ4v) is 3.70. The predicted octanol–water partition coefficient (Wildman–Crippen LogP) is 3.04. The Morgan fingerprint density at radius 2 is 1.85 bits per heavy atom. The first-order chi connectivity index (χ1) is 11.6. The number of piperazine rings is 1. The molecule has 0 bridgehead atoms. The molecule has 1 fully saturated rings. The lowest BCUT2D eigenvalue weighted by molar-refractivity contribution is -0.133. The normalized spacial score (nSPS) is 15.7. The first-order valence-corrected chi connectivity index (χ1v) is 9.25. The second-order valence-corrected chi connectivity index (χ2v) is 7.21. The van der Waals surface area contributed by atoms with E-state index in [1.807, 2.05) is 30.0 Å². The molecule has 0 spiro atoms. The smallest absolute Gasteiger partial charge is 0.224 e. The van der Waals surface area contributed by atoms with Crippen LogP contribution in [0.1, 0.15) is 19.0 Å². The van der Waals surface area contributed by atoms with Gasteiger partial charge in [-0.15, -0.1) is 36.2 Å². The summed E-state index contributed by atoms with van der Waals surface area (Å²) in [5.41, 5.74) is 7.99. The van der Waals surface area contributed by atoms with Gasteiger partial charge in [0, 0.05) is 56.1 Å². The number of carbonyl (C=O) groups is 1. The van der Waals surface area contributed by atoms with Crippen LogP contribution in [0.2, 0.25) is 0 Å². The summed E-state index contributed by atoms with van der Waals surface area (Å²) in [7, 11) is 0. The number of thiazole rings is 1. The Hall–Kier alpha value is -1.18. The standard InChI is InChI=1S/C18H24N4OS.2ClH/c1-14(19)11-17(23)22-9-7-21(8-10-22)12-16-13-24-18(20-16)15-5-3-2-4-6-15;;/h2-6,13-14H,7-12,19H2,1H3;2*1H. The molecule has 1 saturated heterocycles. The maximum Gasteiger partial charge on any atom is 0.224 e. The summed E-state index contributed by atoms with van der Waals surface area (Å²) >= 11 is 1.69. The summed E-state index contributed by atoms with van der Waals surface area (Å²) in [6.07, 6.45) is 0.437. The molecule has 3 rings (SSSR count). The minimum atomic E-state index is -0.0676. The molecule has 0 aliphatic carbocycles. The fraction of sp³-hybridized carbons (Fsp3) is 0.444. The van der Waals surface area contributed by atoms with E-state index in [0.29, 0.717) is 6.42 Å². The number of rotatable bonds is 5. The molecule has 0 radical (unpaired) electrons. The lowest BCUT2D eigenvalue weighted by Crippen LogP contribution is -2.49. The molecule has 5 nitrogen and oxygen atoms in total. The zero-order chi connectivity index (χ0) is 16.9. The first kappa shape index (κ1) is 22.9. The highest BCUT2D eigenvalue weighted by molar-refractivity contribution is 7.13. The predicted molar refractivity (Wildman–Crippen MR) is 112 cm³/mol. The molecule has 26 heavy (non-hydrogen) atoms. The van der Waals surface area contributed by atoms with Crippen molar-refractivity contribution in [2.75, 3.05) is 26.2 Å². The zero-order valence-electron chi connectivity index (χ0n) is 14.8. The van der Waals surface area contributed by atoms with Crippen molar-refractivity contribution in [3.05, 3.63) is 41.4 Å². The van der Waals surface area contributed by atoms with Gasteiger partial charge < -0.3 is 10.6 Å². The van der Waals surface area contributed by atoms with Gasteiger partial charge in [-0.25, -0.2) is 4.98 Å². The Morgan fingerprint density at radius 3 is 2.46 bits per heavy atom. The van der Waals surface area contributed by atoms with E-state index >= 15 is 0 Å². The molecule has 1 aromatic heterocycles. The fourth-order valence-electron chi connectivity index (χ4n) is 2.88. The molecule has 1 aromatic carbocycles. The second kappa shape index (κ2) is 10.8. The maximum atomic E-state index is 12.1. The van der Waals surface area contributed by atoms with Crippen molar-refractivity contribution in [3.63, 3.8) is 0 Å². The van der Waals surface area contributed by atoms with Gasteiger partial charge in [0.1, 0.15) is 5.01 Å². The van der Waals surface area contributed by atoms with E-state index in [4.69, 9.17) is 10.7 Å². The van der Waals surface area contributed by atoms with Gasteiger partial charge in [-0.2, -0.15) is 0 Å². The summed E-state index contributed by atoms with van der Waals surface area (Å²) in [5, 5.41) is 3.20. The third-order valence-electron chi connectivity index (χ3n) is 4.18. The number of nitrogens with zero attached hydrogens (tertiary/aromatic N) is 3. The van der Waals surface area contributed by atoms with Crippen molar-refractivity contribution >= 4 is 42.1 Å². The van der Waals surface area contributed by atoms with Crippen molar-refractivity contribution in [3.8, 4) is 10.6 Å². The van der Waals surface area contributed by atoms with Crippen LogP contribution >= 0.6 is 36.2 Å². The Kier molecular flexibility index (Phi) is 9.54. The number of nitrogens with two attached hydrogens (primary N) is 1. The molecule has 1 aliphatic rings. The van der Waals surface area contributed by atoms with Crippen molar-refractivity contribution in [2.24, 2.45) is 5.73 Å². The van der Waals surface area contributed by atoms with E-state index in [1.165, 1.54) is 5.56 Å². The largest absolute Gasteiger partial charge is 0.340 e. The molecule has 144 valence electrons. The average Bonchev–Trinajstić information content (AvgIpc) is 3.04. The van der Waals surface area contributed by atoms with Crippen LogP contribution in [0.25, 0.3) is 10.6 Å². The molecule has 1 atom stereocenters. The average molecular weight is 417 g/mol. The van der Waals surface area contributed by atoms with Gasteiger partial charge >= 0.3 is 0 Å². The van der Waals surface area contributed by atoms with Crippen molar-refractivity contribution < 1.29 is 4.79 Å². The Labute approximate surface area is 171 Å². The monoisotopic (exact) mass is 416 g/mol. The van der Waals surface area contributed by atoms with Crippen LogP contribution in [0.4, 0.5) is 0 Å². The quantitative estimate of drug-likeness (QED) is 0.813. The molecule has 2 aromatic rings. The molecular formula is C18H26Cl2N4OS. The van der Waals surface area contributed by atoms with Gasteiger partial charge in [-0.05, 0) is 6.92 Å². The molecule has 2 N–H and O–H groups in total. The van der Waals surface area contributed by atoms with Crippen LogP contribution < -0.4 is 5.73 Å².